The van der Waals surface area contributed by atoms with E-state index in [4.69, 9.17) is 0 Å². The van der Waals surface area contributed by atoms with Crippen LogP contribution in [0.2, 0.25) is 0 Å². The highest BCUT2D eigenvalue weighted by atomic mass is 31.0. The molecule has 2 unspecified atom stereocenters. The molecule has 1 aliphatic rings. The van der Waals surface area contributed by atoms with Gasteiger partial charge in [-0.05, 0) is 30.8 Å². The molecule has 1 heteroatoms. The molecule has 2 atom stereocenters. The van der Waals surface area contributed by atoms with Gasteiger partial charge in [-0.15, -0.1) is 9.24 Å². The Hall–Kier alpha value is 0.430. The van der Waals surface area contributed by atoms with Crippen molar-refractivity contribution in [3.63, 3.8) is 0 Å². The van der Waals surface area contributed by atoms with Crippen LogP contribution >= 0.6 is 9.24 Å². The molecule has 0 heterocycles. The predicted octanol–water partition coefficient (Wildman–Crippen LogP) is 4.00. The van der Waals surface area contributed by atoms with Crippen LogP contribution in [0.3, 0.4) is 0 Å². The van der Waals surface area contributed by atoms with Gasteiger partial charge in [-0.1, -0.05) is 39.0 Å². The molecule has 0 saturated heterocycles. The van der Waals surface area contributed by atoms with Crippen LogP contribution in [-0.4, -0.2) is 5.66 Å². The molecular formula is C11H23P. The molecule has 0 aromatic carbocycles. The van der Waals surface area contributed by atoms with E-state index in [1.54, 1.807) is 0 Å². The Balaban J connectivity index is 2.05. The van der Waals surface area contributed by atoms with Crippen molar-refractivity contribution >= 4 is 9.24 Å². The standard InChI is InChI=1S/C11H23P/c1-2-3-4-9-11(12)10-7-5-6-8-10/h10-11H,2-9,12H2,1H3. The van der Waals surface area contributed by atoms with Gasteiger partial charge in [0.1, 0.15) is 0 Å². The van der Waals surface area contributed by atoms with Crippen molar-refractivity contribution in [2.45, 2.75) is 63.9 Å². The lowest BCUT2D eigenvalue weighted by Crippen LogP contribution is -2.10. The van der Waals surface area contributed by atoms with Gasteiger partial charge >= 0.3 is 0 Å². The Morgan fingerprint density at radius 1 is 1.25 bits per heavy atom. The molecule has 0 aliphatic heterocycles. The second-order valence-electron chi connectivity index (χ2n) is 4.20. The largest absolute Gasteiger partial charge is 0.134 e. The van der Waals surface area contributed by atoms with E-state index in [-0.39, 0.29) is 0 Å². The smallest absolute Gasteiger partial charge is 0.0236 e. The maximum absolute atomic E-state index is 3.07. The van der Waals surface area contributed by atoms with Crippen LogP contribution in [0.4, 0.5) is 0 Å². The number of rotatable bonds is 5. The molecule has 0 amide bonds. The summed E-state index contributed by atoms with van der Waals surface area (Å²) in [6.07, 6.45) is 11.7. The third kappa shape index (κ3) is 3.44. The first-order chi connectivity index (χ1) is 5.84. The minimum atomic E-state index is 0.930. The zero-order valence-electron chi connectivity index (χ0n) is 8.39. The highest BCUT2D eigenvalue weighted by Crippen LogP contribution is 2.33. The van der Waals surface area contributed by atoms with Gasteiger partial charge in [0, 0.05) is 0 Å². The molecule has 1 rings (SSSR count). The Labute approximate surface area is 79.7 Å². The van der Waals surface area contributed by atoms with Gasteiger partial charge in [-0.2, -0.15) is 0 Å². The fourth-order valence-electron chi connectivity index (χ4n) is 2.25. The van der Waals surface area contributed by atoms with Crippen LogP contribution in [0.15, 0.2) is 0 Å². The number of hydrogen-bond donors (Lipinski definition) is 0. The molecule has 0 nitrogen and oxygen atoms in total. The SMILES string of the molecule is CCCCCC(P)C1CCCC1. The van der Waals surface area contributed by atoms with E-state index in [1.165, 1.54) is 51.4 Å². The zero-order chi connectivity index (χ0) is 8.81. The molecule has 0 radical (unpaired) electrons. The summed E-state index contributed by atoms with van der Waals surface area (Å²) >= 11 is 0. The molecule has 0 aromatic heterocycles. The van der Waals surface area contributed by atoms with E-state index in [0.717, 1.165) is 11.6 Å². The Bertz CT molecular complexity index is 106. The summed E-state index contributed by atoms with van der Waals surface area (Å²) in [5.41, 5.74) is 0.930. The Morgan fingerprint density at radius 2 is 1.92 bits per heavy atom. The summed E-state index contributed by atoms with van der Waals surface area (Å²) in [5.74, 6) is 1.05. The van der Waals surface area contributed by atoms with Crippen molar-refractivity contribution in [3.05, 3.63) is 0 Å². The maximum atomic E-state index is 3.07. The quantitative estimate of drug-likeness (QED) is 0.449. The van der Waals surface area contributed by atoms with Gasteiger partial charge in [0.2, 0.25) is 0 Å². The molecule has 0 spiro atoms. The van der Waals surface area contributed by atoms with E-state index in [1.807, 2.05) is 0 Å². The maximum Gasteiger partial charge on any atom is -0.0236 e. The summed E-state index contributed by atoms with van der Waals surface area (Å²) in [5, 5.41) is 0. The third-order valence-electron chi connectivity index (χ3n) is 3.15. The molecule has 0 bridgehead atoms. The number of hydrogen-bond acceptors (Lipinski definition) is 0. The highest BCUT2D eigenvalue weighted by molar-refractivity contribution is 7.17. The second-order valence-corrected chi connectivity index (χ2v) is 5.06. The van der Waals surface area contributed by atoms with Crippen molar-refractivity contribution in [2.75, 3.05) is 0 Å². The van der Waals surface area contributed by atoms with Gasteiger partial charge in [0.25, 0.3) is 0 Å². The molecule has 1 aliphatic carbocycles. The lowest BCUT2D eigenvalue weighted by Gasteiger charge is -2.17. The minimum Gasteiger partial charge on any atom is -0.134 e. The lowest BCUT2D eigenvalue weighted by atomic mass is 9.99. The van der Waals surface area contributed by atoms with Crippen LogP contribution in [-0.2, 0) is 0 Å². The Kier molecular flexibility index (Phi) is 5.23. The summed E-state index contributed by atoms with van der Waals surface area (Å²) in [4.78, 5) is 0. The highest BCUT2D eigenvalue weighted by Gasteiger charge is 2.20. The van der Waals surface area contributed by atoms with Gasteiger partial charge in [0.15, 0.2) is 0 Å². The molecule has 12 heavy (non-hydrogen) atoms. The van der Waals surface area contributed by atoms with Crippen LogP contribution in [0, 0.1) is 5.92 Å². The first kappa shape index (κ1) is 10.5. The van der Waals surface area contributed by atoms with E-state index >= 15 is 0 Å². The molecule has 1 saturated carbocycles. The minimum absolute atomic E-state index is 0.930. The van der Waals surface area contributed by atoms with E-state index < -0.39 is 0 Å². The first-order valence-electron chi connectivity index (χ1n) is 5.60. The van der Waals surface area contributed by atoms with E-state index in [9.17, 15) is 0 Å². The topological polar surface area (TPSA) is 0 Å². The van der Waals surface area contributed by atoms with E-state index in [0.29, 0.717) is 0 Å². The van der Waals surface area contributed by atoms with Crippen molar-refractivity contribution in [1.82, 2.24) is 0 Å². The van der Waals surface area contributed by atoms with Gasteiger partial charge in [-0.25, -0.2) is 0 Å². The average Bonchev–Trinajstić information content (AvgIpc) is 2.56. The fraction of sp³-hybridized carbons (Fsp3) is 1.00. The monoisotopic (exact) mass is 186 g/mol. The van der Waals surface area contributed by atoms with Crippen molar-refractivity contribution in [2.24, 2.45) is 5.92 Å². The van der Waals surface area contributed by atoms with Crippen LogP contribution < -0.4 is 0 Å². The normalized spacial score (nSPS) is 21.5. The third-order valence-corrected chi connectivity index (χ3v) is 4.02. The molecule has 0 N–H and O–H groups in total. The van der Waals surface area contributed by atoms with E-state index in [2.05, 4.69) is 16.2 Å². The van der Waals surface area contributed by atoms with Gasteiger partial charge in [-0.3, -0.25) is 0 Å². The number of unbranched alkanes of at least 4 members (excludes halogenated alkanes) is 2. The fourth-order valence-corrected chi connectivity index (χ4v) is 2.87. The van der Waals surface area contributed by atoms with Crippen LogP contribution in [0.25, 0.3) is 0 Å². The molecule has 0 aromatic rings. The lowest BCUT2D eigenvalue weighted by molar-refractivity contribution is 0.481. The summed E-state index contributed by atoms with van der Waals surface area (Å²) < 4.78 is 0. The first-order valence-corrected chi connectivity index (χ1v) is 6.27. The zero-order valence-corrected chi connectivity index (χ0v) is 9.54. The average molecular weight is 186 g/mol. The molecule has 1 fully saturated rings. The second kappa shape index (κ2) is 5.97. The van der Waals surface area contributed by atoms with Crippen molar-refractivity contribution in [1.29, 1.82) is 0 Å². The summed E-state index contributed by atoms with van der Waals surface area (Å²) in [6, 6.07) is 0. The van der Waals surface area contributed by atoms with Gasteiger partial charge in [0.05, 0.1) is 0 Å². The molecule has 72 valence electrons. The van der Waals surface area contributed by atoms with Crippen molar-refractivity contribution < 1.29 is 0 Å². The Morgan fingerprint density at radius 3 is 2.50 bits per heavy atom. The summed E-state index contributed by atoms with van der Waals surface area (Å²) in [7, 11) is 3.07. The molecular weight excluding hydrogens is 163 g/mol. The van der Waals surface area contributed by atoms with Crippen molar-refractivity contribution in [3.8, 4) is 0 Å². The van der Waals surface area contributed by atoms with Crippen LogP contribution in [0.5, 0.6) is 0 Å². The van der Waals surface area contributed by atoms with Gasteiger partial charge < -0.3 is 0 Å². The predicted molar refractivity (Wildman–Crippen MR) is 59.6 cm³/mol. The summed E-state index contributed by atoms with van der Waals surface area (Å²) in [6.45, 7) is 2.29. The van der Waals surface area contributed by atoms with Crippen LogP contribution in [0.1, 0.15) is 58.3 Å².